The van der Waals surface area contributed by atoms with E-state index in [2.05, 4.69) is 0 Å². The molecule has 0 saturated carbocycles. The molecule has 2 aromatic carbocycles. The van der Waals surface area contributed by atoms with E-state index in [1.165, 1.54) is 0 Å². The van der Waals surface area contributed by atoms with E-state index in [-0.39, 0.29) is 5.56 Å². The molecule has 118 valence electrons. The number of benzene rings is 2. The molecule has 0 aliphatic rings. The van der Waals surface area contributed by atoms with Gasteiger partial charge in [-0.1, -0.05) is 17.7 Å². The molecule has 3 rings (SSSR count). The molecule has 3 aromatic rings. The molecule has 2 N–H and O–H groups in total. The summed E-state index contributed by atoms with van der Waals surface area (Å²) in [6.07, 6.45) is 2.52. The lowest BCUT2D eigenvalue weighted by molar-refractivity contribution is 0.301. The Balaban J connectivity index is 1.64. The van der Waals surface area contributed by atoms with Crippen molar-refractivity contribution in [3.8, 4) is 5.75 Å². The molecule has 0 saturated heterocycles. The standard InChI is InChI=1S/C18H17ClN2O2/c19-14-5-6-17-13(11-14)7-9-21(18(17)22)8-2-10-23-16-4-1-3-15(20)12-16/h1,3-7,9,11-12H,2,8,10,20H2. The summed E-state index contributed by atoms with van der Waals surface area (Å²) in [5.41, 5.74) is 6.36. The highest BCUT2D eigenvalue weighted by molar-refractivity contribution is 6.31. The first kappa shape index (κ1) is 15.4. The number of hydrogen-bond donors (Lipinski definition) is 1. The highest BCUT2D eigenvalue weighted by Gasteiger charge is 2.03. The largest absolute Gasteiger partial charge is 0.493 e. The maximum absolute atomic E-state index is 12.4. The number of ether oxygens (including phenoxy) is 1. The van der Waals surface area contributed by atoms with Crippen LogP contribution in [0.2, 0.25) is 5.02 Å². The van der Waals surface area contributed by atoms with Gasteiger partial charge in [-0.15, -0.1) is 0 Å². The molecule has 0 aliphatic carbocycles. The highest BCUT2D eigenvalue weighted by atomic mass is 35.5. The van der Waals surface area contributed by atoms with E-state index in [0.29, 0.717) is 29.2 Å². The molecule has 0 radical (unpaired) electrons. The normalized spacial score (nSPS) is 10.8. The summed E-state index contributed by atoms with van der Waals surface area (Å²) in [6.45, 7) is 1.12. The van der Waals surface area contributed by atoms with Gasteiger partial charge in [0.2, 0.25) is 0 Å². The van der Waals surface area contributed by atoms with Gasteiger partial charge in [-0.25, -0.2) is 0 Å². The Hall–Kier alpha value is -2.46. The SMILES string of the molecule is Nc1cccc(OCCCn2ccc3cc(Cl)ccc3c2=O)c1. The molecule has 0 atom stereocenters. The molecule has 0 bridgehead atoms. The average molecular weight is 329 g/mol. The first-order valence-electron chi connectivity index (χ1n) is 7.40. The Morgan fingerprint density at radius 1 is 1.13 bits per heavy atom. The quantitative estimate of drug-likeness (QED) is 0.574. The van der Waals surface area contributed by atoms with Crippen LogP contribution in [0, 0.1) is 0 Å². The zero-order chi connectivity index (χ0) is 16.2. The van der Waals surface area contributed by atoms with Crippen molar-refractivity contribution in [2.75, 3.05) is 12.3 Å². The third kappa shape index (κ3) is 3.66. The number of rotatable bonds is 5. The average Bonchev–Trinajstić information content (AvgIpc) is 2.53. The fourth-order valence-corrected chi connectivity index (χ4v) is 2.64. The molecule has 0 fully saturated rings. The van der Waals surface area contributed by atoms with Crippen molar-refractivity contribution in [2.24, 2.45) is 0 Å². The van der Waals surface area contributed by atoms with E-state index in [4.69, 9.17) is 22.1 Å². The van der Waals surface area contributed by atoms with Crippen molar-refractivity contribution < 1.29 is 4.74 Å². The van der Waals surface area contributed by atoms with E-state index in [1.807, 2.05) is 24.3 Å². The number of halogens is 1. The molecule has 4 nitrogen and oxygen atoms in total. The van der Waals surface area contributed by atoms with Crippen molar-refractivity contribution >= 4 is 28.1 Å². The number of pyridine rings is 1. The van der Waals surface area contributed by atoms with Crippen molar-refractivity contribution in [3.05, 3.63) is 70.1 Å². The number of nitrogens with zero attached hydrogens (tertiary/aromatic N) is 1. The first-order chi connectivity index (χ1) is 11.1. The Labute approximate surface area is 139 Å². The van der Waals surface area contributed by atoms with Crippen LogP contribution in [0.15, 0.2) is 59.5 Å². The van der Waals surface area contributed by atoms with Crippen LogP contribution in [-0.2, 0) is 6.54 Å². The van der Waals surface area contributed by atoms with Crippen LogP contribution in [0.25, 0.3) is 10.8 Å². The molecular weight excluding hydrogens is 312 g/mol. The van der Waals surface area contributed by atoms with Gasteiger partial charge < -0.3 is 15.0 Å². The third-order valence-electron chi connectivity index (χ3n) is 3.61. The Morgan fingerprint density at radius 3 is 2.83 bits per heavy atom. The van der Waals surface area contributed by atoms with Crippen molar-refractivity contribution in [1.82, 2.24) is 4.57 Å². The van der Waals surface area contributed by atoms with E-state index in [1.54, 1.807) is 35.0 Å². The van der Waals surface area contributed by atoms with E-state index >= 15 is 0 Å². The van der Waals surface area contributed by atoms with Crippen molar-refractivity contribution in [3.63, 3.8) is 0 Å². The smallest absolute Gasteiger partial charge is 0.258 e. The van der Waals surface area contributed by atoms with Gasteiger partial charge >= 0.3 is 0 Å². The second-order valence-electron chi connectivity index (χ2n) is 5.32. The predicted molar refractivity (Wildman–Crippen MR) is 94.2 cm³/mol. The molecule has 0 amide bonds. The number of hydrogen-bond acceptors (Lipinski definition) is 3. The maximum Gasteiger partial charge on any atom is 0.258 e. The minimum atomic E-state index is -0.0110. The highest BCUT2D eigenvalue weighted by Crippen LogP contribution is 2.17. The van der Waals surface area contributed by atoms with Gasteiger partial charge in [0.15, 0.2) is 0 Å². The number of aryl methyl sites for hydroxylation is 1. The zero-order valence-corrected chi connectivity index (χ0v) is 13.3. The number of nitrogen functional groups attached to an aromatic ring is 1. The van der Waals surface area contributed by atoms with Gasteiger partial charge in [0, 0.05) is 34.9 Å². The summed E-state index contributed by atoms with van der Waals surface area (Å²) in [5.74, 6) is 0.741. The minimum Gasteiger partial charge on any atom is -0.493 e. The van der Waals surface area contributed by atoms with Gasteiger partial charge in [0.05, 0.1) is 6.61 Å². The third-order valence-corrected chi connectivity index (χ3v) is 3.84. The van der Waals surface area contributed by atoms with Gasteiger partial charge in [-0.3, -0.25) is 4.79 Å². The van der Waals surface area contributed by atoms with Crippen LogP contribution in [0.1, 0.15) is 6.42 Å². The molecule has 0 spiro atoms. The molecule has 5 heteroatoms. The van der Waals surface area contributed by atoms with Gasteiger partial charge in [-0.05, 0) is 48.2 Å². The summed E-state index contributed by atoms with van der Waals surface area (Å²) in [5, 5.41) is 2.16. The molecular formula is C18H17ClN2O2. The summed E-state index contributed by atoms with van der Waals surface area (Å²) in [6, 6.07) is 14.5. The topological polar surface area (TPSA) is 57.2 Å². The van der Waals surface area contributed by atoms with Crippen LogP contribution in [-0.4, -0.2) is 11.2 Å². The number of aromatic nitrogens is 1. The van der Waals surface area contributed by atoms with Gasteiger partial charge in [0.25, 0.3) is 5.56 Å². The second-order valence-corrected chi connectivity index (χ2v) is 5.76. The lowest BCUT2D eigenvalue weighted by Crippen LogP contribution is -2.20. The fraction of sp³-hybridized carbons (Fsp3) is 0.167. The van der Waals surface area contributed by atoms with Crippen LogP contribution in [0.3, 0.4) is 0 Å². The predicted octanol–water partition coefficient (Wildman–Crippen LogP) is 3.71. The Kier molecular flexibility index (Phi) is 4.53. The molecule has 1 heterocycles. The van der Waals surface area contributed by atoms with Crippen LogP contribution in [0.4, 0.5) is 5.69 Å². The van der Waals surface area contributed by atoms with E-state index in [9.17, 15) is 4.79 Å². The van der Waals surface area contributed by atoms with E-state index < -0.39 is 0 Å². The number of anilines is 1. The summed E-state index contributed by atoms with van der Waals surface area (Å²) in [7, 11) is 0. The molecule has 1 aromatic heterocycles. The Bertz CT molecular complexity index is 890. The van der Waals surface area contributed by atoms with Gasteiger partial charge in [0.1, 0.15) is 5.75 Å². The number of fused-ring (bicyclic) bond motifs is 1. The maximum atomic E-state index is 12.4. The van der Waals surface area contributed by atoms with Crippen LogP contribution < -0.4 is 16.0 Å². The lowest BCUT2D eigenvalue weighted by Gasteiger charge is -2.09. The number of nitrogens with two attached hydrogens (primary N) is 1. The molecule has 0 unspecified atom stereocenters. The van der Waals surface area contributed by atoms with Gasteiger partial charge in [-0.2, -0.15) is 0 Å². The lowest BCUT2D eigenvalue weighted by atomic mass is 10.2. The second kappa shape index (κ2) is 6.75. The summed E-state index contributed by atoms with van der Waals surface area (Å²) < 4.78 is 7.33. The molecule has 0 aliphatic heterocycles. The first-order valence-corrected chi connectivity index (χ1v) is 7.78. The molecule has 23 heavy (non-hydrogen) atoms. The zero-order valence-electron chi connectivity index (χ0n) is 12.5. The Morgan fingerprint density at radius 2 is 2.00 bits per heavy atom. The minimum absolute atomic E-state index is 0.0110. The summed E-state index contributed by atoms with van der Waals surface area (Å²) >= 11 is 5.95. The summed E-state index contributed by atoms with van der Waals surface area (Å²) in [4.78, 5) is 12.4. The van der Waals surface area contributed by atoms with Crippen molar-refractivity contribution in [2.45, 2.75) is 13.0 Å². The fourth-order valence-electron chi connectivity index (χ4n) is 2.46. The van der Waals surface area contributed by atoms with Crippen LogP contribution >= 0.6 is 11.6 Å². The van der Waals surface area contributed by atoms with Crippen molar-refractivity contribution in [1.29, 1.82) is 0 Å². The van der Waals surface area contributed by atoms with E-state index in [0.717, 1.165) is 17.6 Å². The monoisotopic (exact) mass is 328 g/mol. The van der Waals surface area contributed by atoms with Crippen LogP contribution in [0.5, 0.6) is 5.75 Å².